The van der Waals surface area contributed by atoms with Crippen LogP contribution in [0.4, 0.5) is 5.69 Å². The van der Waals surface area contributed by atoms with Crippen LogP contribution in [0.2, 0.25) is 0 Å². The maximum atomic E-state index is 12.6. The molecule has 0 saturated heterocycles. The van der Waals surface area contributed by atoms with E-state index < -0.39 is 17.8 Å². The Morgan fingerprint density at radius 2 is 1.70 bits per heavy atom. The third-order valence-corrected chi connectivity index (χ3v) is 6.52. The molecule has 172 valence electrons. The molecule has 4 rings (SSSR count). The van der Waals surface area contributed by atoms with Gasteiger partial charge in [-0.1, -0.05) is 18.2 Å². The fourth-order valence-electron chi connectivity index (χ4n) is 3.70. The first kappa shape index (κ1) is 22.7. The lowest BCUT2D eigenvalue weighted by molar-refractivity contribution is -0.146. The maximum Gasteiger partial charge on any atom is 0.307 e. The standard InChI is InChI=1S/C24H24N2O6S/c27-22(25-12-15-5-10-20-21(11-15)32-14-31-20)13-33-17-8-6-16(7-9-17)26-23(28)18-3-1-2-4-19(18)24(29)30/h1-2,5-11,18-19H,3-4,12-14H2,(H,25,27)(H,26,28)(H,29,30). The number of rotatable bonds is 8. The van der Waals surface area contributed by atoms with Crippen molar-refractivity contribution < 1.29 is 29.0 Å². The predicted octanol–water partition coefficient (Wildman–Crippen LogP) is 3.43. The number of carbonyl (C=O) groups excluding carboxylic acids is 2. The number of anilines is 1. The van der Waals surface area contributed by atoms with Crippen molar-refractivity contribution >= 4 is 35.2 Å². The number of benzene rings is 2. The van der Waals surface area contributed by atoms with E-state index in [9.17, 15) is 19.5 Å². The minimum absolute atomic E-state index is 0.0971. The summed E-state index contributed by atoms with van der Waals surface area (Å²) in [6.45, 7) is 0.611. The predicted molar refractivity (Wildman–Crippen MR) is 123 cm³/mol. The van der Waals surface area contributed by atoms with Gasteiger partial charge in [0.25, 0.3) is 0 Å². The van der Waals surface area contributed by atoms with E-state index in [1.165, 1.54) is 11.8 Å². The van der Waals surface area contributed by atoms with Crippen molar-refractivity contribution in [3.8, 4) is 11.5 Å². The highest BCUT2D eigenvalue weighted by Crippen LogP contribution is 2.32. The fraction of sp³-hybridized carbons (Fsp3) is 0.292. The monoisotopic (exact) mass is 468 g/mol. The van der Waals surface area contributed by atoms with Gasteiger partial charge in [0.15, 0.2) is 11.5 Å². The summed E-state index contributed by atoms with van der Waals surface area (Å²) in [6.07, 6.45) is 4.43. The van der Waals surface area contributed by atoms with Crippen LogP contribution < -0.4 is 20.1 Å². The zero-order valence-corrected chi connectivity index (χ0v) is 18.6. The van der Waals surface area contributed by atoms with Gasteiger partial charge in [0, 0.05) is 17.1 Å². The van der Waals surface area contributed by atoms with Gasteiger partial charge >= 0.3 is 5.97 Å². The van der Waals surface area contributed by atoms with Crippen molar-refractivity contribution in [2.24, 2.45) is 11.8 Å². The number of thioether (sulfide) groups is 1. The Hall–Kier alpha value is -3.46. The number of carboxylic acids is 1. The van der Waals surface area contributed by atoms with Gasteiger partial charge in [-0.2, -0.15) is 0 Å². The lowest BCUT2D eigenvalue weighted by Crippen LogP contribution is -2.34. The molecular formula is C24H24N2O6S. The molecule has 8 nitrogen and oxygen atoms in total. The third-order valence-electron chi connectivity index (χ3n) is 5.50. The lowest BCUT2D eigenvalue weighted by atomic mass is 9.82. The summed E-state index contributed by atoms with van der Waals surface area (Å²) in [5, 5.41) is 15.0. The number of ether oxygens (including phenoxy) is 2. The van der Waals surface area contributed by atoms with E-state index in [-0.39, 0.29) is 24.4 Å². The number of carboxylic acid groups (broad SMARTS) is 1. The topological polar surface area (TPSA) is 114 Å². The fourth-order valence-corrected chi connectivity index (χ4v) is 4.43. The summed E-state index contributed by atoms with van der Waals surface area (Å²) < 4.78 is 10.6. The quantitative estimate of drug-likeness (QED) is 0.402. The molecule has 2 unspecified atom stereocenters. The van der Waals surface area contributed by atoms with Crippen LogP contribution >= 0.6 is 11.8 Å². The molecule has 0 bridgehead atoms. The van der Waals surface area contributed by atoms with Crippen molar-refractivity contribution in [2.45, 2.75) is 24.3 Å². The van der Waals surface area contributed by atoms with Gasteiger partial charge < -0.3 is 25.2 Å². The minimum atomic E-state index is -0.956. The Morgan fingerprint density at radius 3 is 2.45 bits per heavy atom. The van der Waals surface area contributed by atoms with Crippen molar-refractivity contribution in [3.63, 3.8) is 0 Å². The molecule has 1 aliphatic heterocycles. The maximum absolute atomic E-state index is 12.6. The van der Waals surface area contributed by atoms with E-state index in [1.54, 1.807) is 18.2 Å². The smallest absolute Gasteiger partial charge is 0.307 e. The van der Waals surface area contributed by atoms with Gasteiger partial charge in [-0.3, -0.25) is 14.4 Å². The Morgan fingerprint density at radius 1 is 0.970 bits per heavy atom. The number of allylic oxidation sites excluding steroid dienone is 2. The van der Waals surface area contributed by atoms with Crippen molar-refractivity contribution in [1.82, 2.24) is 5.32 Å². The Bertz CT molecular complexity index is 1070. The highest BCUT2D eigenvalue weighted by molar-refractivity contribution is 8.00. The second-order valence-corrected chi connectivity index (χ2v) is 8.81. The molecule has 2 aromatic rings. The van der Waals surface area contributed by atoms with Crippen LogP contribution in [-0.2, 0) is 20.9 Å². The van der Waals surface area contributed by atoms with Crippen LogP contribution in [0.25, 0.3) is 0 Å². The van der Waals surface area contributed by atoms with E-state index in [0.717, 1.165) is 10.5 Å². The molecule has 3 N–H and O–H groups in total. The summed E-state index contributed by atoms with van der Waals surface area (Å²) in [7, 11) is 0. The van der Waals surface area contributed by atoms with Crippen LogP contribution in [0.5, 0.6) is 11.5 Å². The second-order valence-electron chi connectivity index (χ2n) is 7.76. The summed E-state index contributed by atoms with van der Waals surface area (Å²) >= 11 is 1.39. The molecule has 0 spiro atoms. The van der Waals surface area contributed by atoms with Crippen LogP contribution in [0.15, 0.2) is 59.5 Å². The van der Waals surface area contributed by atoms with E-state index >= 15 is 0 Å². The molecule has 1 heterocycles. The highest BCUT2D eigenvalue weighted by Gasteiger charge is 2.33. The minimum Gasteiger partial charge on any atom is -0.481 e. The molecule has 33 heavy (non-hydrogen) atoms. The van der Waals surface area contributed by atoms with Gasteiger partial charge in [0.2, 0.25) is 18.6 Å². The molecule has 1 aliphatic carbocycles. The number of aliphatic carboxylic acids is 1. The largest absolute Gasteiger partial charge is 0.481 e. The molecule has 0 aromatic heterocycles. The molecule has 2 aromatic carbocycles. The molecule has 0 radical (unpaired) electrons. The van der Waals surface area contributed by atoms with Gasteiger partial charge in [-0.25, -0.2) is 0 Å². The lowest BCUT2D eigenvalue weighted by Gasteiger charge is -2.24. The summed E-state index contributed by atoms with van der Waals surface area (Å²) in [5.74, 6) is -1.00. The first-order chi connectivity index (χ1) is 16.0. The number of carbonyl (C=O) groups is 3. The van der Waals surface area contributed by atoms with Gasteiger partial charge in [-0.15, -0.1) is 11.8 Å². The average molecular weight is 469 g/mol. The molecule has 0 saturated carbocycles. The van der Waals surface area contributed by atoms with Crippen molar-refractivity contribution in [3.05, 3.63) is 60.2 Å². The SMILES string of the molecule is O=C(CSc1ccc(NC(=O)C2CC=CCC2C(=O)O)cc1)NCc1ccc2c(c1)OCO2. The Balaban J connectivity index is 1.23. The number of fused-ring (bicyclic) bond motifs is 1. The van der Waals surface area contributed by atoms with Crippen LogP contribution in [-0.4, -0.2) is 35.4 Å². The molecule has 2 amide bonds. The summed E-state index contributed by atoms with van der Waals surface area (Å²) in [5.41, 5.74) is 1.52. The van der Waals surface area contributed by atoms with Gasteiger partial charge in [-0.05, 0) is 54.8 Å². The normalized spacial score (nSPS) is 18.5. The summed E-state index contributed by atoms with van der Waals surface area (Å²) in [4.78, 5) is 37.0. The van der Waals surface area contributed by atoms with Crippen LogP contribution in [0.3, 0.4) is 0 Å². The zero-order chi connectivity index (χ0) is 23.2. The third kappa shape index (κ3) is 5.87. The van der Waals surface area contributed by atoms with E-state index in [4.69, 9.17) is 9.47 Å². The number of amides is 2. The number of hydrogen-bond donors (Lipinski definition) is 3. The Kier molecular flexibility index (Phi) is 7.19. The van der Waals surface area contributed by atoms with Crippen LogP contribution in [0.1, 0.15) is 18.4 Å². The number of nitrogens with one attached hydrogen (secondary N) is 2. The molecule has 2 atom stereocenters. The van der Waals surface area contributed by atoms with E-state index in [0.29, 0.717) is 36.6 Å². The van der Waals surface area contributed by atoms with Gasteiger partial charge in [0.05, 0.1) is 17.6 Å². The van der Waals surface area contributed by atoms with Crippen molar-refractivity contribution in [1.29, 1.82) is 0 Å². The molecular weight excluding hydrogens is 444 g/mol. The second kappa shape index (κ2) is 10.4. The highest BCUT2D eigenvalue weighted by atomic mass is 32.2. The Labute approximate surface area is 195 Å². The average Bonchev–Trinajstić information content (AvgIpc) is 3.30. The van der Waals surface area contributed by atoms with E-state index in [2.05, 4.69) is 10.6 Å². The van der Waals surface area contributed by atoms with Crippen molar-refractivity contribution in [2.75, 3.05) is 17.9 Å². The molecule has 9 heteroatoms. The van der Waals surface area contributed by atoms with E-state index in [1.807, 2.05) is 36.4 Å². The summed E-state index contributed by atoms with van der Waals surface area (Å²) in [6, 6.07) is 12.7. The molecule has 0 fully saturated rings. The molecule has 2 aliphatic rings. The van der Waals surface area contributed by atoms with Crippen LogP contribution in [0, 0.1) is 11.8 Å². The van der Waals surface area contributed by atoms with Gasteiger partial charge in [0.1, 0.15) is 0 Å². The number of hydrogen-bond acceptors (Lipinski definition) is 6. The first-order valence-electron chi connectivity index (χ1n) is 10.6. The first-order valence-corrected chi connectivity index (χ1v) is 11.5. The zero-order valence-electron chi connectivity index (χ0n) is 17.8.